The highest BCUT2D eigenvalue weighted by molar-refractivity contribution is 6.33. The number of aromatic hydroxyl groups is 1. The number of likely N-dealkylation sites (tertiary alicyclic amines) is 1. The van der Waals surface area contributed by atoms with Crippen molar-refractivity contribution < 1.29 is 37.7 Å². The number of ether oxygens (including phenoxy) is 1. The van der Waals surface area contributed by atoms with Gasteiger partial charge in [-0.25, -0.2) is 4.98 Å². The quantitative estimate of drug-likeness (QED) is 0.206. The molecule has 1 atom stereocenters. The molecule has 2 aromatic carbocycles. The summed E-state index contributed by atoms with van der Waals surface area (Å²) in [4.78, 5) is 51.5. The summed E-state index contributed by atoms with van der Waals surface area (Å²) in [6.07, 6.45) is -3.59. The first kappa shape index (κ1) is 36.1. The molecule has 3 aromatic heterocycles. The lowest BCUT2D eigenvalue weighted by Crippen LogP contribution is -2.47. The van der Waals surface area contributed by atoms with Crippen molar-refractivity contribution in [1.82, 2.24) is 29.0 Å². The van der Waals surface area contributed by atoms with Crippen molar-refractivity contribution in [2.24, 2.45) is 0 Å². The first-order valence-electron chi connectivity index (χ1n) is 16.6. The number of aliphatic hydroxyl groups is 1. The molecule has 5 aromatic rings. The lowest BCUT2D eigenvalue weighted by Gasteiger charge is -2.39. The van der Waals surface area contributed by atoms with E-state index in [9.17, 15) is 37.8 Å². The molecular weight excluding hydrogens is 719 g/mol. The summed E-state index contributed by atoms with van der Waals surface area (Å²) >= 11 is 6.13. The van der Waals surface area contributed by atoms with Crippen LogP contribution in [-0.4, -0.2) is 64.2 Å². The fourth-order valence-corrected chi connectivity index (χ4v) is 7.19. The minimum Gasteiger partial charge on any atom is -0.505 e. The Labute approximate surface area is 304 Å². The highest BCUT2D eigenvalue weighted by atomic mass is 35.5. The zero-order valence-corrected chi connectivity index (χ0v) is 29.4. The van der Waals surface area contributed by atoms with E-state index >= 15 is 0 Å². The number of pyridine rings is 1. The summed E-state index contributed by atoms with van der Waals surface area (Å²) in [5.74, 6) is -1.25. The van der Waals surface area contributed by atoms with Crippen molar-refractivity contribution in [2.75, 3.05) is 18.4 Å². The van der Waals surface area contributed by atoms with Crippen molar-refractivity contribution >= 4 is 34.9 Å². The molecule has 0 bridgehead atoms. The number of hydrogen-bond acceptors (Lipinski definition) is 9. The van der Waals surface area contributed by atoms with E-state index in [1.807, 2.05) is 0 Å². The number of amides is 2. The topological polar surface area (TPSA) is 164 Å². The zero-order valence-electron chi connectivity index (χ0n) is 28.6. The number of anilines is 1. The highest BCUT2D eigenvalue weighted by Gasteiger charge is 2.50. The maximum Gasteiger partial charge on any atom is 0.416 e. The number of carbonyl (C=O) groups is 2. The van der Waals surface area contributed by atoms with Crippen LogP contribution in [0.4, 0.5) is 18.9 Å². The second kappa shape index (κ2) is 13.0. The Morgan fingerprint density at radius 2 is 1.75 bits per heavy atom. The van der Waals surface area contributed by atoms with E-state index in [0.29, 0.717) is 22.9 Å². The number of hydrogen-bond donors (Lipinski definition) is 3. The van der Waals surface area contributed by atoms with Gasteiger partial charge in [-0.05, 0) is 69.5 Å². The van der Waals surface area contributed by atoms with Gasteiger partial charge in [-0.2, -0.15) is 22.7 Å². The third kappa shape index (κ3) is 6.51. The Bertz CT molecular complexity index is 2330. The van der Waals surface area contributed by atoms with Gasteiger partial charge in [-0.1, -0.05) is 35.9 Å². The minimum absolute atomic E-state index is 0.00900. The van der Waals surface area contributed by atoms with Crippen LogP contribution in [0.3, 0.4) is 0 Å². The third-order valence-electron chi connectivity index (χ3n) is 9.60. The van der Waals surface area contributed by atoms with Crippen molar-refractivity contribution in [3.05, 3.63) is 104 Å². The molecule has 17 heteroatoms. The zero-order chi connectivity index (χ0) is 38.0. The number of alkyl halides is 3. The standard InChI is InChI=1S/C36H33ClF3N7O6/c1-19-29-27(35(53-19)12-15-45(16-13-35)32(51)28-25(48)5-4-14-41-28)31(50)47-33(43-30(44-47)20-6-8-21(9-7-20)34(2,3)52)46(29)18-26(49)42-24-11-10-22(17-23(24)37)36(38,39)40/h4-11,14,17,19,48,52H,12-13,15-16,18H2,1-3H3,(H,42,49)/t19-/m1/s1. The molecule has 2 aliphatic rings. The maximum absolute atomic E-state index is 14.4. The predicted molar refractivity (Wildman–Crippen MR) is 185 cm³/mol. The maximum atomic E-state index is 14.4. The summed E-state index contributed by atoms with van der Waals surface area (Å²) < 4.78 is 48.9. The molecule has 0 aliphatic carbocycles. The first-order chi connectivity index (χ1) is 25.0. The normalized spacial score (nSPS) is 17.0. The van der Waals surface area contributed by atoms with E-state index < -0.39 is 53.0 Å². The average Bonchev–Trinajstić information content (AvgIpc) is 3.67. The molecule has 0 saturated carbocycles. The van der Waals surface area contributed by atoms with Gasteiger partial charge in [0, 0.05) is 24.8 Å². The number of benzene rings is 2. The average molecular weight is 752 g/mol. The van der Waals surface area contributed by atoms with Gasteiger partial charge >= 0.3 is 6.18 Å². The van der Waals surface area contributed by atoms with Crippen molar-refractivity contribution in [1.29, 1.82) is 0 Å². The van der Waals surface area contributed by atoms with Crippen molar-refractivity contribution in [3.8, 4) is 17.1 Å². The summed E-state index contributed by atoms with van der Waals surface area (Å²) in [7, 11) is 0. The lowest BCUT2D eigenvalue weighted by molar-refractivity contribution is -0.137. The fraction of sp³-hybridized carbons (Fsp3) is 0.333. The number of fused-ring (bicyclic) bond motifs is 3. The largest absolute Gasteiger partial charge is 0.505 e. The second-order valence-corrected chi connectivity index (χ2v) is 14.0. The summed E-state index contributed by atoms with van der Waals surface area (Å²) in [6.45, 7) is 4.87. The van der Waals surface area contributed by atoms with Gasteiger partial charge in [-0.3, -0.25) is 14.4 Å². The molecule has 7 rings (SSSR count). The van der Waals surface area contributed by atoms with E-state index in [1.165, 1.54) is 27.8 Å². The Morgan fingerprint density at radius 3 is 2.38 bits per heavy atom. The Kier molecular flexibility index (Phi) is 8.82. The SMILES string of the molecule is C[C@H]1OC2(CCN(C(=O)c3ncccc3O)CC2)c2c1n(CC(=O)Nc1ccc(C(F)(F)F)cc1Cl)c1nc(-c3ccc(C(C)(C)O)cc3)nn1c2=O. The number of nitrogens with zero attached hydrogens (tertiary/aromatic N) is 6. The van der Waals surface area contributed by atoms with Crippen molar-refractivity contribution in [2.45, 2.75) is 63.6 Å². The van der Waals surface area contributed by atoms with Crippen LogP contribution in [0.15, 0.2) is 65.6 Å². The van der Waals surface area contributed by atoms with Crippen LogP contribution in [0.5, 0.6) is 5.75 Å². The molecular formula is C36H33ClF3N7O6. The number of piperidine rings is 1. The summed E-state index contributed by atoms with van der Waals surface area (Å²) in [5.41, 5.74) is -2.20. The molecule has 5 heterocycles. The van der Waals surface area contributed by atoms with Crippen LogP contribution in [0.1, 0.15) is 72.6 Å². The molecule has 276 valence electrons. The number of rotatable bonds is 6. The third-order valence-corrected chi connectivity index (χ3v) is 9.91. The molecule has 2 aliphatic heterocycles. The van der Waals surface area contributed by atoms with Gasteiger partial charge in [0.05, 0.1) is 39.2 Å². The lowest BCUT2D eigenvalue weighted by atomic mass is 9.85. The van der Waals surface area contributed by atoms with E-state index in [-0.39, 0.29) is 65.3 Å². The van der Waals surface area contributed by atoms with Crippen LogP contribution in [0.2, 0.25) is 5.02 Å². The molecule has 1 fully saturated rings. The molecule has 2 amide bonds. The summed E-state index contributed by atoms with van der Waals surface area (Å²) in [6, 6.07) is 12.3. The minimum atomic E-state index is -4.63. The molecule has 3 N–H and O–H groups in total. The van der Waals surface area contributed by atoms with Gasteiger partial charge < -0.3 is 29.7 Å². The molecule has 1 spiro atoms. The first-order valence-corrected chi connectivity index (χ1v) is 17.0. The second-order valence-electron chi connectivity index (χ2n) is 13.6. The smallest absolute Gasteiger partial charge is 0.416 e. The van der Waals surface area contributed by atoms with Crippen LogP contribution in [-0.2, 0) is 33.5 Å². The number of nitrogens with one attached hydrogen (secondary N) is 1. The molecule has 1 saturated heterocycles. The number of aromatic nitrogens is 5. The Balaban J connectivity index is 1.29. The molecule has 0 radical (unpaired) electrons. The summed E-state index contributed by atoms with van der Waals surface area (Å²) in [5, 5.41) is 27.4. The molecule has 0 unspecified atom stereocenters. The van der Waals surface area contributed by atoms with Gasteiger partial charge in [0.2, 0.25) is 11.7 Å². The van der Waals surface area contributed by atoms with Gasteiger partial charge in [0.1, 0.15) is 17.9 Å². The number of carbonyl (C=O) groups excluding carboxylic acids is 2. The molecule has 13 nitrogen and oxygen atoms in total. The van der Waals surface area contributed by atoms with Gasteiger partial charge in [0.15, 0.2) is 11.5 Å². The fourth-order valence-electron chi connectivity index (χ4n) is 6.96. The monoisotopic (exact) mass is 751 g/mol. The van der Waals surface area contributed by atoms with E-state index in [1.54, 1.807) is 45.0 Å². The van der Waals surface area contributed by atoms with Crippen LogP contribution in [0, 0.1) is 0 Å². The van der Waals surface area contributed by atoms with Crippen LogP contribution >= 0.6 is 11.6 Å². The van der Waals surface area contributed by atoms with Crippen LogP contribution < -0.4 is 10.9 Å². The van der Waals surface area contributed by atoms with Crippen molar-refractivity contribution in [3.63, 3.8) is 0 Å². The van der Waals surface area contributed by atoms with E-state index in [4.69, 9.17) is 16.3 Å². The highest BCUT2D eigenvalue weighted by Crippen LogP contribution is 2.48. The molecule has 53 heavy (non-hydrogen) atoms. The van der Waals surface area contributed by atoms with Gasteiger partial charge in [0.25, 0.3) is 11.5 Å². The Hall–Kier alpha value is -5.32. The number of halogens is 4. The van der Waals surface area contributed by atoms with Crippen LogP contribution in [0.25, 0.3) is 17.2 Å². The van der Waals surface area contributed by atoms with E-state index in [0.717, 1.165) is 16.6 Å². The van der Waals surface area contributed by atoms with E-state index in [2.05, 4.69) is 20.4 Å². The predicted octanol–water partition coefficient (Wildman–Crippen LogP) is 5.42. The van der Waals surface area contributed by atoms with Gasteiger partial charge in [-0.15, -0.1) is 5.10 Å². The Morgan fingerprint density at radius 1 is 1.08 bits per heavy atom.